The molecule has 0 aliphatic carbocycles. The second-order valence-electron chi connectivity index (χ2n) is 7.10. The number of halogens is 2. The smallest absolute Gasteiger partial charge is 0.262 e. The molecule has 1 N–H and O–H groups in total. The Kier molecular flexibility index (Phi) is 8.49. The van der Waals surface area contributed by atoms with Gasteiger partial charge in [0, 0.05) is 23.7 Å². The van der Waals surface area contributed by atoms with Crippen LogP contribution in [0.3, 0.4) is 0 Å². The van der Waals surface area contributed by atoms with Crippen LogP contribution in [-0.2, 0) is 17.9 Å². The average Bonchev–Trinajstić information content (AvgIpc) is 2.86. The molecule has 3 rings (SSSR count). The summed E-state index contributed by atoms with van der Waals surface area (Å²) in [6.45, 7) is 0.177. The molecule has 1 amide bonds. The third kappa shape index (κ3) is 6.27. The fourth-order valence-corrected chi connectivity index (χ4v) is 3.32. The monoisotopic (exact) mass is 480 g/mol. The van der Waals surface area contributed by atoms with Crippen molar-refractivity contribution < 1.29 is 23.4 Å². The third-order valence-electron chi connectivity index (χ3n) is 4.91. The highest BCUT2D eigenvalue weighted by atomic mass is 35.5. The molecule has 0 atom stereocenters. The normalized spacial score (nSPS) is 10.9. The Balaban J connectivity index is 1.67. The van der Waals surface area contributed by atoms with Gasteiger partial charge in [-0.1, -0.05) is 35.9 Å². The predicted molar refractivity (Wildman–Crippen MR) is 127 cm³/mol. The van der Waals surface area contributed by atoms with Gasteiger partial charge in [0.05, 0.1) is 19.2 Å². The third-order valence-corrected chi connectivity index (χ3v) is 5.20. The number of nitriles is 1. The number of amides is 1. The number of nitrogens with zero attached hydrogens (tertiary/aromatic N) is 1. The minimum atomic E-state index is -0.545. The first-order valence-corrected chi connectivity index (χ1v) is 10.6. The molecule has 0 heterocycles. The number of hydrogen-bond acceptors (Lipinski definition) is 5. The summed E-state index contributed by atoms with van der Waals surface area (Å²) in [7, 11) is 3.07. The highest BCUT2D eigenvalue weighted by Crippen LogP contribution is 2.28. The Hall–Kier alpha value is -4.02. The molecule has 3 aromatic rings. The van der Waals surface area contributed by atoms with Crippen LogP contribution in [0.1, 0.15) is 16.7 Å². The second kappa shape index (κ2) is 11.7. The molecular formula is C26H22ClFN2O4. The maximum Gasteiger partial charge on any atom is 0.262 e. The van der Waals surface area contributed by atoms with Gasteiger partial charge >= 0.3 is 0 Å². The molecule has 0 radical (unpaired) electrons. The number of benzene rings is 3. The van der Waals surface area contributed by atoms with E-state index in [-0.39, 0.29) is 29.6 Å². The van der Waals surface area contributed by atoms with Crippen molar-refractivity contribution in [2.45, 2.75) is 13.2 Å². The molecule has 0 saturated carbocycles. The number of rotatable bonds is 9. The summed E-state index contributed by atoms with van der Waals surface area (Å²) in [4.78, 5) is 12.6. The van der Waals surface area contributed by atoms with Crippen LogP contribution >= 0.6 is 11.6 Å². The van der Waals surface area contributed by atoms with Crippen LogP contribution in [-0.4, -0.2) is 20.1 Å². The maximum absolute atomic E-state index is 13.8. The van der Waals surface area contributed by atoms with E-state index in [1.807, 2.05) is 6.07 Å². The van der Waals surface area contributed by atoms with Crippen molar-refractivity contribution >= 4 is 23.6 Å². The van der Waals surface area contributed by atoms with E-state index >= 15 is 0 Å². The fraction of sp³-hybridized carbons (Fsp3) is 0.154. The molecule has 0 fully saturated rings. The zero-order valence-corrected chi connectivity index (χ0v) is 19.4. The van der Waals surface area contributed by atoms with Gasteiger partial charge in [0.25, 0.3) is 5.91 Å². The summed E-state index contributed by atoms with van der Waals surface area (Å²) in [6, 6.07) is 18.3. The van der Waals surface area contributed by atoms with E-state index in [9.17, 15) is 14.4 Å². The number of carbonyl (C=O) groups is 1. The van der Waals surface area contributed by atoms with Crippen molar-refractivity contribution in [3.05, 3.63) is 93.8 Å². The average molecular weight is 481 g/mol. The lowest BCUT2D eigenvalue weighted by molar-refractivity contribution is -0.117. The van der Waals surface area contributed by atoms with Crippen molar-refractivity contribution in [1.29, 1.82) is 5.26 Å². The number of ether oxygens (including phenoxy) is 3. The number of nitrogens with one attached hydrogen (secondary N) is 1. The van der Waals surface area contributed by atoms with Crippen molar-refractivity contribution in [2.24, 2.45) is 0 Å². The number of carbonyl (C=O) groups excluding carboxylic acids is 1. The number of methoxy groups -OCH3 is 2. The van der Waals surface area contributed by atoms with Crippen LogP contribution < -0.4 is 19.5 Å². The van der Waals surface area contributed by atoms with E-state index in [4.69, 9.17) is 25.8 Å². The van der Waals surface area contributed by atoms with Crippen LogP contribution in [0.15, 0.2) is 66.2 Å². The lowest BCUT2D eigenvalue weighted by Crippen LogP contribution is -2.24. The van der Waals surface area contributed by atoms with Crippen LogP contribution in [0.25, 0.3) is 6.08 Å². The number of hydrogen-bond donors (Lipinski definition) is 1. The Morgan fingerprint density at radius 1 is 1.06 bits per heavy atom. The molecule has 34 heavy (non-hydrogen) atoms. The van der Waals surface area contributed by atoms with E-state index in [1.165, 1.54) is 19.3 Å². The summed E-state index contributed by atoms with van der Waals surface area (Å²) in [5.74, 6) is 0.630. The molecule has 3 aromatic carbocycles. The zero-order valence-electron chi connectivity index (χ0n) is 18.6. The fourth-order valence-electron chi connectivity index (χ4n) is 3.08. The predicted octanol–water partition coefficient (Wildman–Crippen LogP) is 5.30. The van der Waals surface area contributed by atoms with Gasteiger partial charge in [-0.15, -0.1) is 0 Å². The minimum absolute atomic E-state index is 0.0161. The van der Waals surface area contributed by atoms with Crippen molar-refractivity contribution in [3.8, 4) is 23.3 Å². The second-order valence-corrected chi connectivity index (χ2v) is 7.51. The summed E-state index contributed by atoms with van der Waals surface area (Å²) >= 11 is 6.29. The summed E-state index contributed by atoms with van der Waals surface area (Å²) < 4.78 is 29.9. The molecular weight excluding hydrogens is 459 g/mol. The Bertz CT molecular complexity index is 1250. The van der Waals surface area contributed by atoms with Crippen LogP contribution in [0.4, 0.5) is 4.39 Å². The molecule has 0 spiro atoms. The molecule has 0 aromatic heterocycles. The van der Waals surface area contributed by atoms with E-state index in [1.54, 1.807) is 61.7 Å². The van der Waals surface area contributed by atoms with Gasteiger partial charge in [-0.3, -0.25) is 4.79 Å². The van der Waals surface area contributed by atoms with E-state index in [0.717, 1.165) is 5.56 Å². The van der Waals surface area contributed by atoms with E-state index in [2.05, 4.69) is 5.32 Å². The van der Waals surface area contributed by atoms with E-state index < -0.39 is 5.91 Å². The summed E-state index contributed by atoms with van der Waals surface area (Å²) in [5, 5.41) is 12.4. The van der Waals surface area contributed by atoms with Crippen molar-refractivity contribution in [1.82, 2.24) is 5.32 Å². The van der Waals surface area contributed by atoms with Gasteiger partial charge in [-0.25, -0.2) is 4.39 Å². The van der Waals surface area contributed by atoms with Crippen molar-refractivity contribution in [3.63, 3.8) is 0 Å². The van der Waals surface area contributed by atoms with Gasteiger partial charge in [0.15, 0.2) is 0 Å². The maximum atomic E-state index is 13.8. The molecule has 0 bridgehead atoms. The lowest BCUT2D eigenvalue weighted by atomic mass is 10.1. The van der Waals surface area contributed by atoms with Crippen LogP contribution in [0.2, 0.25) is 5.02 Å². The standard InChI is InChI=1S/C26H22ClFN2O4/c1-32-21-9-8-18(25(13-21)33-2)15-30-26(31)20(14-29)11-17-7-10-24(22(27)12-17)34-16-19-5-3-4-6-23(19)28/h3-13H,15-16H2,1-2H3,(H,30,31)/b20-11+. The summed E-state index contributed by atoms with van der Waals surface area (Å²) in [6.07, 6.45) is 1.42. The first kappa shape index (κ1) is 24.6. The Morgan fingerprint density at radius 3 is 2.53 bits per heavy atom. The quantitative estimate of drug-likeness (QED) is 0.332. The largest absolute Gasteiger partial charge is 0.497 e. The molecule has 8 heteroatoms. The van der Waals surface area contributed by atoms with E-state index in [0.29, 0.717) is 28.4 Å². The Labute approximate surface area is 202 Å². The topological polar surface area (TPSA) is 80.6 Å². The summed E-state index contributed by atoms with van der Waals surface area (Å²) in [5.41, 5.74) is 1.58. The van der Waals surface area contributed by atoms with Gasteiger partial charge in [-0.2, -0.15) is 5.26 Å². The highest BCUT2D eigenvalue weighted by Gasteiger charge is 2.12. The van der Waals surface area contributed by atoms with Gasteiger partial charge < -0.3 is 19.5 Å². The van der Waals surface area contributed by atoms with Gasteiger partial charge in [0.1, 0.15) is 41.3 Å². The van der Waals surface area contributed by atoms with Crippen LogP contribution in [0, 0.1) is 17.1 Å². The molecule has 6 nitrogen and oxygen atoms in total. The van der Waals surface area contributed by atoms with Crippen LogP contribution in [0.5, 0.6) is 17.2 Å². The van der Waals surface area contributed by atoms with Gasteiger partial charge in [0.2, 0.25) is 0 Å². The van der Waals surface area contributed by atoms with Crippen molar-refractivity contribution in [2.75, 3.05) is 14.2 Å². The highest BCUT2D eigenvalue weighted by molar-refractivity contribution is 6.32. The first-order valence-electron chi connectivity index (χ1n) is 10.2. The van der Waals surface area contributed by atoms with Gasteiger partial charge in [-0.05, 0) is 42.0 Å². The SMILES string of the molecule is COc1ccc(CNC(=O)/C(C#N)=C/c2ccc(OCc3ccccc3F)c(Cl)c2)c(OC)c1. The molecule has 0 aliphatic heterocycles. The molecule has 0 saturated heterocycles. The zero-order chi connectivity index (χ0) is 24.5. The lowest BCUT2D eigenvalue weighted by Gasteiger charge is -2.11. The Morgan fingerprint density at radius 2 is 1.85 bits per heavy atom. The minimum Gasteiger partial charge on any atom is -0.497 e. The molecule has 0 unspecified atom stereocenters. The molecule has 0 aliphatic rings. The molecule has 174 valence electrons. The first-order chi connectivity index (χ1) is 16.4.